The number of esters is 1. The van der Waals surface area contributed by atoms with Gasteiger partial charge in [-0.3, -0.25) is 4.79 Å². The van der Waals surface area contributed by atoms with Crippen LogP contribution in [0.15, 0.2) is 66.7 Å². The predicted molar refractivity (Wildman–Crippen MR) is 129 cm³/mol. The highest BCUT2D eigenvalue weighted by atomic mass is 35.5. The van der Waals surface area contributed by atoms with Crippen LogP contribution in [0, 0.1) is 0 Å². The van der Waals surface area contributed by atoms with Crippen LogP contribution in [0.1, 0.15) is 16.7 Å². The normalized spacial score (nSPS) is 11.4. The van der Waals surface area contributed by atoms with Crippen molar-refractivity contribution < 1.29 is 22.7 Å². The summed E-state index contributed by atoms with van der Waals surface area (Å²) in [5.74, 6) is 0.649. The van der Waals surface area contributed by atoms with Gasteiger partial charge in [0.2, 0.25) is 10.0 Å². The molecule has 0 aromatic heterocycles. The SMILES string of the molecule is COC(=O)Cc1cccc(CN(Cc2cccc(Oc3cc(Cl)cc(Cl)c3)c2)S(C)(=O)=O)c1. The molecule has 174 valence electrons. The molecule has 0 heterocycles. The fourth-order valence-electron chi connectivity index (χ4n) is 3.21. The number of hydrogen-bond acceptors (Lipinski definition) is 5. The van der Waals surface area contributed by atoms with E-state index in [1.807, 2.05) is 12.1 Å². The maximum Gasteiger partial charge on any atom is 0.309 e. The fraction of sp³-hybridized carbons (Fsp3) is 0.208. The first-order valence-electron chi connectivity index (χ1n) is 9.95. The Balaban J connectivity index is 1.78. The molecule has 0 N–H and O–H groups in total. The van der Waals surface area contributed by atoms with E-state index >= 15 is 0 Å². The third kappa shape index (κ3) is 7.75. The molecule has 0 aliphatic carbocycles. The Kier molecular flexibility index (Phi) is 8.37. The number of hydrogen-bond donors (Lipinski definition) is 0. The number of nitrogens with zero attached hydrogens (tertiary/aromatic N) is 1. The number of rotatable bonds is 9. The van der Waals surface area contributed by atoms with E-state index in [9.17, 15) is 13.2 Å². The first-order chi connectivity index (χ1) is 15.6. The van der Waals surface area contributed by atoms with Crippen LogP contribution in [-0.2, 0) is 39.1 Å². The van der Waals surface area contributed by atoms with Gasteiger partial charge in [0.25, 0.3) is 0 Å². The molecule has 33 heavy (non-hydrogen) atoms. The molecule has 0 aliphatic rings. The van der Waals surface area contributed by atoms with Gasteiger partial charge in [-0.2, -0.15) is 4.31 Å². The number of sulfonamides is 1. The molecule has 3 aromatic rings. The predicted octanol–water partition coefficient (Wildman–Crippen LogP) is 5.46. The van der Waals surface area contributed by atoms with E-state index in [0.717, 1.165) is 16.7 Å². The minimum absolute atomic E-state index is 0.121. The highest BCUT2D eigenvalue weighted by molar-refractivity contribution is 7.88. The van der Waals surface area contributed by atoms with E-state index in [1.54, 1.807) is 54.6 Å². The summed E-state index contributed by atoms with van der Waals surface area (Å²) in [7, 11) is -2.19. The molecule has 0 amide bonds. The van der Waals surface area contributed by atoms with Crippen LogP contribution >= 0.6 is 23.2 Å². The Morgan fingerprint density at radius 3 is 2.03 bits per heavy atom. The largest absolute Gasteiger partial charge is 0.469 e. The molecule has 3 aromatic carbocycles. The molecule has 0 atom stereocenters. The second-order valence-electron chi connectivity index (χ2n) is 7.46. The monoisotopic (exact) mass is 507 g/mol. The van der Waals surface area contributed by atoms with Gasteiger partial charge in [0.05, 0.1) is 19.8 Å². The molecule has 0 radical (unpaired) electrons. The molecule has 3 rings (SSSR count). The minimum atomic E-state index is -3.52. The lowest BCUT2D eigenvalue weighted by Crippen LogP contribution is -2.29. The molecule has 0 aliphatic heterocycles. The van der Waals surface area contributed by atoms with Crippen molar-refractivity contribution in [2.75, 3.05) is 13.4 Å². The van der Waals surface area contributed by atoms with Gasteiger partial charge in [-0.15, -0.1) is 0 Å². The summed E-state index contributed by atoms with van der Waals surface area (Å²) in [4.78, 5) is 11.6. The first-order valence-corrected chi connectivity index (χ1v) is 12.6. The number of ether oxygens (including phenoxy) is 2. The highest BCUT2D eigenvalue weighted by Crippen LogP contribution is 2.29. The summed E-state index contributed by atoms with van der Waals surface area (Å²) in [5.41, 5.74) is 2.27. The molecule has 0 unspecified atom stereocenters. The Bertz CT molecular complexity index is 1230. The summed E-state index contributed by atoms with van der Waals surface area (Å²) in [6.45, 7) is 0.302. The second kappa shape index (κ2) is 11.0. The van der Waals surface area contributed by atoms with Crippen LogP contribution in [-0.4, -0.2) is 32.1 Å². The van der Waals surface area contributed by atoms with E-state index in [4.69, 9.17) is 32.7 Å². The van der Waals surface area contributed by atoms with Crippen molar-refractivity contribution in [1.82, 2.24) is 4.31 Å². The van der Waals surface area contributed by atoms with Crippen LogP contribution in [0.25, 0.3) is 0 Å². The van der Waals surface area contributed by atoms with Crippen molar-refractivity contribution in [2.24, 2.45) is 0 Å². The van der Waals surface area contributed by atoms with Gasteiger partial charge < -0.3 is 9.47 Å². The van der Waals surface area contributed by atoms with Crippen molar-refractivity contribution in [2.45, 2.75) is 19.5 Å². The van der Waals surface area contributed by atoms with E-state index in [1.165, 1.54) is 17.7 Å². The van der Waals surface area contributed by atoms with E-state index in [2.05, 4.69) is 0 Å². The van der Waals surface area contributed by atoms with Crippen molar-refractivity contribution in [3.63, 3.8) is 0 Å². The van der Waals surface area contributed by atoms with Crippen molar-refractivity contribution in [3.8, 4) is 11.5 Å². The van der Waals surface area contributed by atoms with Crippen molar-refractivity contribution in [3.05, 3.63) is 93.5 Å². The lowest BCUT2D eigenvalue weighted by Gasteiger charge is -2.21. The summed E-state index contributed by atoms with van der Waals surface area (Å²) < 4.78 is 36.9. The van der Waals surface area contributed by atoms with Crippen LogP contribution in [0.2, 0.25) is 10.0 Å². The van der Waals surface area contributed by atoms with E-state index < -0.39 is 10.0 Å². The molecule has 9 heteroatoms. The third-order valence-electron chi connectivity index (χ3n) is 4.72. The van der Waals surface area contributed by atoms with Crippen LogP contribution in [0.3, 0.4) is 0 Å². The molecule has 0 saturated heterocycles. The average Bonchev–Trinajstić information content (AvgIpc) is 2.72. The van der Waals surface area contributed by atoms with Crippen molar-refractivity contribution >= 4 is 39.2 Å². The van der Waals surface area contributed by atoms with Gasteiger partial charge in [-0.1, -0.05) is 59.6 Å². The smallest absolute Gasteiger partial charge is 0.309 e. The van der Waals surface area contributed by atoms with Crippen LogP contribution in [0.5, 0.6) is 11.5 Å². The van der Waals surface area contributed by atoms with Gasteiger partial charge in [-0.05, 0) is 47.0 Å². The number of carbonyl (C=O) groups is 1. The van der Waals surface area contributed by atoms with Gasteiger partial charge in [0.1, 0.15) is 11.5 Å². The number of halogens is 2. The lowest BCUT2D eigenvalue weighted by atomic mass is 10.1. The van der Waals surface area contributed by atoms with Gasteiger partial charge in [0, 0.05) is 23.1 Å². The van der Waals surface area contributed by atoms with Crippen LogP contribution < -0.4 is 4.74 Å². The Hall–Kier alpha value is -2.58. The summed E-state index contributed by atoms with van der Waals surface area (Å²) in [5, 5.41) is 0.901. The maximum absolute atomic E-state index is 12.5. The molecule has 0 spiro atoms. The number of methoxy groups -OCH3 is 1. The quantitative estimate of drug-likeness (QED) is 0.359. The Morgan fingerprint density at radius 2 is 1.42 bits per heavy atom. The zero-order valence-corrected chi connectivity index (χ0v) is 20.5. The second-order valence-corrected chi connectivity index (χ2v) is 10.3. The molecule has 0 saturated carbocycles. The molecule has 6 nitrogen and oxygen atoms in total. The highest BCUT2D eigenvalue weighted by Gasteiger charge is 2.18. The molecular formula is C24H23Cl2NO5S. The standard InChI is InChI=1S/C24H23Cl2NO5S/c1-31-24(28)11-17-5-3-6-18(9-17)15-27(33(2,29)30)16-19-7-4-8-22(10-19)32-23-13-20(25)12-21(26)14-23/h3-10,12-14H,11,15-16H2,1-2H3. The van der Waals surface area contributed by atoms with Crippen molar-refractivity contribution in [1.29, 1.82) is 0 Å². The summed E-state index contributed by atoms with van der Waals surface area (Å²) in [6, 6.07) is 19.2. The number of benzene rings is 3. The topological polar surface area (TPSA) is 72.9 Å². The average molecular weight is 508 g/mol. The molecular weight excluding hydrogens is 485 g/mol. The third-order valence-corrected chi connectivity index (χ3v) is 6.36. The van der Waals surface area contributed by atoms with Gasteiger partial charge in [0.15, 0.2) is 0 Å². The Morgan fingerprint density at radius 1 is 0.848 bits per heavy atom. The fourth-order valence-corrected chi connectivity index (χ4v) is 4.48. The molecule has 0 fully saturated rings. The number of carbonyl (C=O) groups excluding carboxylic acids is 1. The zero-order chi connectivity index (χ0) is 24.0. The lowest BCUT2D eigenvalue weighted by molar-refractivity contribution is -0.139. The first kappa shape index (κ1) is 25.1. The summed E-state index contributed by atoms with van der Waals surface area (Å²) in [6.07, 6.45) is 1.29. The van der Waals surface area contributed by atoms with E-state index in [0.29, 0.717) is 21.5 Å². The molecule has 0 bridgehead atoms. The van der Waals surface area contributed by atoms with Gasteiger partial charge in [-0.25, -0.2) is 8.42 Å². The maximum atomic E-state index is 12.5. The van der Waals surface area contributed by atoms with Gasteiger partial charge >= 0.3 is 5.97 Å². The van der Waals surface area contributed by atoms with Crippen LogP contribution in [0.4, 0.5) is 0 Å². The Labute approximate surface area is 203 Å². The summed E-state index contributed by atoms with van der Waals surface area (Å²) >= 11 is 12.1. The minimum Gasteiger partial charge on any atom is -0.469 e. The van der Waals surface area contributed by atoms with E-state index in [-0.39, 0.29) is 25.5 Å². The zero-order valence-electron chi connectivity index (χ0n) is 18.1.